The van der Waals surface area contributed by atoms with Crippen molar-refractivity contribution in [2.75, 3.05) is 19.7 Å². The molecule has 5 nitrogen and oxygen atoms in total. The smallest absolute Gasteiger partial charge is 0.309 e. The lowest BCUT2D eigenvalue weighted by Crippen LogP contribution is -2.41. The van der Waals surface area contributed by atoms with E-state index in [0.29, 0.717) is 43.4 Å². The van der Waals surface area contributed by atoms with E-state index in [0.717, 1.165) is 23.1 Å². The van der Waals surface area contributed by atoms with Gasteiger partial charge in [-0.3, -0.25) is 4.79 Å². The monoisotopic (exact) mass is 381 g/mol. The Hall–Kier alpha value is -1.40. The van der Waals surface area contributed by atoms with E-state index < -0.39 is 10.0 Å². The summed E-state index contributed by atoms with van der Waals surface area (Å²) in [6.45, 7) is 11.0. The van der Waals surface area contributed by atoms with Gasteiger partial charge in [0.2, 0.25) is 10.0 Å². The molecule has 0 saturated carbocycles. The minimum atomic E-state index is -3.54. The number of ether oxygens (including phenoxy) is 1. The third kappa shape index (κ3) is 4.86. The van der Waals surface area contributed by atoms with Crippen LogP contribution in [0.2, 0.25) is 0 Å². The fraction of sp³-hybridized carbons (Fsp3) is 0.650. The van der Waals surface area contributed by atoms with Gasteiger partial charge in [0.25, 0.3) is 0 Å². The van der Waals surface area contributed by atoms with Gasteiger partial charge in [-0.05, 0) is 57.1 Å². The normalized spacial score (nSPS) is 16.8. The Kier molecular flexibility index (Phi) is 6.86. The van der Waals surface area contributed by atoms with Gasteiger partial charge in [-0.25, -0.2) is 8.42 Å². The van der Waals surface area contributed by atoms with Crippen molar-refractivity contribution in [3.8, 4) is 0 Å². The van der Waals surface area contributed by atoms with Gasteiger partial charge >= 0.3 is 5.97 Å². The summed E-state index contributed by atoms with van der Waals surface area (Å²) in [5.41, 5.74) is 2.61. The number of aryl methyl sites for hydroxylation is 3. The molecule has 1 aliphatic heterocycles. The van der Waals surface area contributed by atoms with Crippen LogP contribution in [-0.4, -0.2) is 38.4 Å². The summed E-state index contributed by atoms with van der Waals surface area (Å²) < 4.78 is 33.0. The second-order valence-corrected chi connectivity index (χ2v) is 9.63. The highest BCUT2D eigenvalue weighted by Gasteiger charge is 2.34. The minimum Gasteiger partial charge on any atom is -0.465 e. The van der Waals surface area contributed by atoms with E-state index in [9.17, 15) is 13.2 Å². The van der Waals surface area contributed by atoms with Gasteiger partial charge in [-0.1, -0.05) is 31.5 Å². The summed E-state index contributed by atoms with van der Waals surface area (Å²) >= 11 is 0. The molecule has 6 heteroatoms. The van der Waals surface area contributed by atoms with Crippen molar-refractivity contribution in [3.63, 3.8) is 0 Å². The topological polar surface area (TPSA) is 63.7 Å². The number of benzene rings is 1. The summed E-state index contributed by atoms with van der Waals surface area (Å²) in [4.78, 5) is 12.6. The van der Waals surface area contributed by atoms with E-state index in [2.05, 4.69) is 13.8 Å². The summed E-state index contributed by atoms with van der Waals surface area (Å²) in [5, 5.41) is 0. The average molecular weight is 382 g/mol. The number of hydrogen-bond donors (Lipinski definition) is 0. The molecule has 0 bridgehead atoms. The van der Waals surface area contributed by atoms with Crippen LogP contribution in [0.3, 0.4) is 0 Å². The maximum Gasteiger partial charge on any atom is 0.309 e. The zero-order valence-corrected chi connectivity index (χ0v) is 17.4. The number of sulfonamides is 1. The molecule has 0 unspecified atom stereocenters. The maximum atomic E-state index is 13.1. The highest BCUT2D eigenvalue weighted by Crippen LogP contribution is 2.29. The van der Waals surface area contributed by atoms with Gasteiger partial charge in [-0.2, -0.15) is 4.31 Å². The van der Waals surface area contributed by atoms with Crippen LogP contribution >= 0.6 is 0 Å². The molecule has 1 fully saturated rings. The maximum absolute atomic E-state index is 13.1. The summed E-state index contributed by atoms with van der Waals surface area (Å²) in [6.07, 6.45) is 1.89. The van der Waals surface area contributed by atoms with Crippen LogP contribution in [0.1, 0.15) is 49.8 Å². The number of carbonyl (C=O) groups excluding carboxylic acids is 1. The van der Waals surface area contributed by atoms with Crippen molar-refractivity contribution in [3.05, 3.63) is 28.8 Å². The number of hydrogen-bond acceptors (Lipinski definition) is 4. The van der Waals surface area contributed by atoms with Crippen LogP contribution in [0, 0.1) is 32.6 Å². The molecule has 1 saturated heterocycles. The lowest BCUT2D eigenvalue weighted by atomic mass is 9.98. The largest absolute Gasteiger partial charge is 0.465 e. The SMILES string of the molecule is Cc1cc(C)c(S(=O)(=O)N2CCC(C(=O)OCCC(C)C)CC2)c(C)c1. The number of piperidine rings is 1. The molecular weight excluding hydrogens is 350 g/mol. The molecule has 0 spiro atoms. The van der Waals surface area contributed by atoms with Crippen LogP contribution in [0.15, 0.2) is 17.0 Å². The Bertz CT molecular complexity index is 724. The molecule has 0 amide bonds. The van der Waals surface area contributed by atoms with Crippen LogP contribution in [0.4, 0.5) is 0 Å². The Balaban J connectivity index is 2.02. The van der Waals surface area contributed by atoms with Crippen molar-refractivity contribution in [1.82, 2.24) is 4.31 Å². The Morgan fingerprint density at radius 1 is 1.15 bits per heavy atom. The Labute approximate surface area is 157 Å². The minimum absolute atomic E-state index is 0.189. The van der Waals surface area contributed by atoms with E-state index in [1.54, 1.807) is 0 Å². The lowest BCUT2D eigenvalue weighted by Gasteiger charge is -2.31. The van der Waals surface area contributed by atoms with E-state index >= 15 is 0 Å². The third-order valence-corrected chi connectivity index (χ3v) is 7.13. The third-order valence-electron chi connectivity index (χ3n) is 4.93. The molecule has 146 valence electrons. The molecule has 1 aromatic rings. The molecule has 0 radical (unpaired) electrons. The first-order chi connectivity index (χ1) is 12.1. The number of rotatable bonds is 6. The van der Waals surface area contributed by atoms with Crippen molar-refractivity contribution in [2.45, 2.75) is 58.8 Å². The van der Waals surface area contributed by atoms with E-state index in [4.69, 9.17) is 4.74 Å². The molecule has 2 rings (SSSR count). The Morgan fingerprint density at radius 3 is 2.19 bits per heavy atom. The first-order valence-corrected chi connectivity index (χ1v) is 10.8. The fourth-order valence-electron chi connectivity index (χ4n) is 3.55. The van der Waals surface area contributed by atoms with Gasteiger partial charge in [-0.15, -0.1) is 0 Å². The number of esters is 1. The average Bonchev–Trinajstić information content (AvgIpc) is 2.53. The second-order valence-electron chi connectivity index (χ2n) is 7.76. The lowest BCUT2D eigenvalue weighted by molar-refractivity contribution is -0.150. The van der Waals surface area contributed by atoms with Crippen LogP contribution in [-0.2, 0) is 19.6 Å². The standard InChI is InChI=1S/C20H31NO4S/c1-14(2)8-11-25-20(22)18-6-9-21(10-7-18)26(23,24)19-16(4)12-15(3)13-17(19)5/h12-14,18H,6-11H2,1-5H3. The van der Waals surface area contributed by atoms with E-state index in [1.165, 1.54) is 4.31 Å². The van der Waals surface area contributed by atoms with Gasteiger partial charge in [0.15, 0.2) is 0 Å². The van der Waals surface area contributed by atoms with Crippen molar-refractivity contribution in [2.24, 2.45) is 11.8 Å². The summed E-state index contributed by atoms with van der Waals surface area (Å²) in [5.74, 6) is 0.106. The predicted molar refractivity (Wildman–Crippen MR) is 103 cm³/mol. The van der Waals surface area contributed by atoms with Crippen LogP contribution in [0.5, 0.6) is 0 Å². The molecule has 26 heavy (non-hydrogen) atoms. The van der Waals surface area contributed by atoms with Gasteiger partial charge in [0, 0.05) is 13.1 Å². The van der Waals surface area contributed by atoms with Crippen LogP contribution in [0.25, 0.3) is 0 Å². The number of carbonyl (C=O) groups is 1. The zero-order valence-electron chi connectivity index (χ0n) is 16.5. The van der Waals surface area contributed by atoms with Gasteiger partial charge in [0.05, 0.1) is 17.4 Å². The molecule has 0 N–H and O–H groups in total. The van der Waals surface area contributed by atoms with Crippen molar-refractivity contribution in [1.29, 1.82) is 0 Å². The summed E-state index contributed by atoms with van der Waals surface area (Å²) in [7, 11) is -3.54. The molecule has 0 aliphatic carbocycles. The number of nitrogens with zero attached hydrogens (tertiary/aromatic N) is 1. The molecule has 1 aliphatic rings. The quantitative estimate of drug-likeness (QED) is 0.706. The van der Waals surface area contributed by atoms with Crippen molar-refractivity contribution >= 4 is 16.0 Å². The van der Waals surface area contributed by atoms with E-state index in [1.807, 2.05) is 32.9 Å². The fourth-order valence-corrected chi connectivity index (χ4v) is 5.43. The molecule has 0 atom stereocenters. The van der Waals surface area contributed by atoms with Crippen LogP contribution < -0.4 is 0 Å². The predicted octanol–water partition coefficient (Wildman–Crippen LogP) is 3.60. The first-order valence-electron chi connectivity index (χ1n) is 9.37. The second kappa shape index (κ2) is 8.53. The molecule has 1 heterocycles. The van der Waals surface area contributed by atoms with Gasteiger partial charge in [0.1, 0.15) is 0 Å². The molecular formula is C20H31NO4S. The zero-order chi connectivity index (χ0) is 19.5. The van der Waals surface area contributed by atoms with E-state index in [-0.39, 0.29) is 11.9 Å². The Morgan fingerprint density at radius 2 is 1.69 bits per heavy atom. The highest BCUT2D eigenvalue weighted by molar-refractivity contribution is 7.89. The van der Waals surface area contributed by atoms with Crippen molar-refractivity contribution < 1.29 is 17.9 Å². The van der Waals surface area contributed by atoms with Gasteiger partial charge < -0.3 is 4.74 Å². The molecule has 0 aromatic heterocycles. The molecule has 1 aromatic carbocycles. The summed E-state index contributed by atoms with van der Waals surface area (Å²) in [6, 6.07) is 3.80. The highest BCUT2D eigenvalue weighted by atomic mass is 32.2. The first kappa shape index (κ1) is 20.9.